The van der Waals surface area contributed by atoms with Crippen molar-refractivity contribution in [3.05, 3.63) is 29.6 Å². The molecule has 2 atom stereocenters. The first-order valence-corrected chi connectivity index (χ1v) is 4.28. The normalized spacial score (nSPS) is 23.6. The minimum Gasteiger partial charge on any atom is -0.480 e. The summed E-state index contributed by atoms with van der Waals surface area (Å²) in [4.78, 5) is 10.7. The Morgan fingerprint density at radius 3 is 2.93 bits per heavy atom. The van der Waals surface area contributed by atoms with Gasteiger partial charge in [-0.3, -0.25) is 0 Å². The number of nitrogens with two attached hydrogens (primary N) is 1. The lowest BCUT2D eigenvalue weighted by Gasteiger charge is -2.21. The van der Waals surface area contributed by atoms with Gasteiger partial charge >= 0.3 is 5.97 Å². The molecule has 0 bridgehead atoms. The van der Waals surface area contributed by atoms with Crippen LogP contribution < -0.4 is 5.73 Å². The summed E-state index contributed by atoms with van der Waals surface area (Å²) in [5.74, 6) is -1.59. The van der Waals surface area contributed by atoms with Crippen molar-refractivity contribution in [3.8, 4) is 0 Å². The molecule has 1 aromatic rings. The van der Waals surface area contributed by atoms with E-state index >= 15 is 0 Å². The molecule has 0 saturated heterocycles. The van der Waals surface area contributed by atoms with Gasteiger partial charge in [0.25, 0.3) is 0 Å². The van der Waals surface area contributed by atoms with E-state index in [0.717, 1.165) is 0 Å². The molecule has 0 radical (unpaired) electrons. The van der Waals surface area contributed by atoms with Crippen LogP contribution in [0.4, 0.5) is 10.1 Å². The zero-order chi connectivity index (χ0) is 11.0. The molecule has 0 fully saturated rings. The highest BCUT2D eigenvalue weighted by atomic mass is 19.1. The molecule has 0 amide bonds. The van der Waals surface area contributed by atoms with Crippen molar-refractivity contribution in [1.29, 1.82) is 0 Å². The van der Waals surface area contributed by atoms with Crippen LogP contribution in [0.1, 0.15) is 11.6 Å². The third-order valence-electron chi connectivity index (χ3n) is 2.23. The van der Waals surface area contributed by atoms with Crippen LogP contribution in [0.25, 0.3) is 0 Å². The maximum atomic E-state index is 12.8. The number of carboxylic acid groups (broad SMARTS) is 1. The summed E-state index contributed by atoms with van der Waals surface area (Å²) in [7, 11) is 0. The average Bonchev–Trinajstić information content (AvgIpc) is 2.17. The molecule has 3 N–H and O–H groups in total. The van der Waals surface area contributed by atoms with Crippen molar-refractivity contribution in [2.24, 2.45) is 16.0 Å². The quantitative estimate of drug-likeness (QED) is 0.732. The highest BCUT2D eigenvalue weighted by molar-refractivity contribution is 5.76. The first kappa shape index (κ1) is 9.72. The van der Waals surface area contributed by atoms with Crippen molar-refractivity contribution in [2.75, 3.05) is 0 Å². The molecule has 1 heterocycles. The third kappa shape index (κ3) is 1.59. The summed E-state index contributed by atoms with van der Waals surface area (Å²) in [6, 6.07) is 1.96. The fourth-order valence-electron chi connectivity index (χ4n) is 1.45. The summed E-state index contributed by atoms with van der Waals surface area (Å²) < 4.78 is 12.8. The summed E-state index contributed by atoms with van der Waals surface area (Å²) >= 11 is 0. The number of fused-ring (bicyclic) bond motifs is 1. The number of carbonyl (C=O) groups is 1. The van der Waals surface area contributed by atoms with E-state index in [-0.39, 0.29) is 0 Å². The molecular formula is C9H8FN3O2. The van der Waals surface area contributed by atoms with Gasteiger partial charge in [0, 0.05) is 6.07 Å². The second kappa shape index (κ2) is 3.39. The van der Waals surface area contributed by atoms with Crippen molar-refractivity contribution >= 4 is 11.7 Å². The van der Waals surface area contributed by atoms with Crippen LogP contribution in [0, 0.1) is 5.82 Å². The molecule has 78 valence electrons. The molecule has 0 aliphatic carbocycles. The number of carboxylic acids is 1. The molecular weight excluding hydrogens is 201 g/mol. The maximum absolute atomic E-state index is 12.8. The van der Waals surface area contributed by atoms with Gasteiger partial charge in [-0.1, -0.05) is 6.07 Å². The van der Waals surface area contributed by atoms with Crippen LogP contribution in [0.15, 0.2) is 28.4 Å². The number of hydrogen-bond donors (Lipinski definition) is 2. The lowest BCUT2D eigenvalue weighted by Crippen LogP contribution is -2.33. The molecule has 6 heteroatoms. The molecule has 1 aliphatic rings. The van der Waals surface area contributed by atoms with Gasteiger partial charge in [-0.05, 0) is 11.6 Å². The highest BCUT2D eigenvalue weighted by Gasteiger charge is 2.31. The van der Waals surface area contributed by atoms with E-state index in [2.05, 4.69) is 10.2 Å². The molecule has 0 aromatic heterocycles. The second-order valence-electron chi connectivity index (χ2n) is 3.23. The fourth-order valence-corrected chi connectivity index (χ4v) is 1.45. The largest absolute Gasteiger partial charge is 0.480 e. The Kier molecular flexibility index (Phi) is 2.20. The van der Waals surface area contributed by atoms with Gasteiger partial charge in [-0.25, -0.2) is 9.18 Å². The molecule has 0 spiro atoms. The standard InChI is InChI=1S/C9H8FN3O2/c10-4-1-2-5-6(3-4)12-13-8(7(5)11)9(14)15/h1-3,7-8H,11H2,(H,14,15)/t7-,8-/m1/s1. The van der Waals surface area contributed by atoms with Gasteiger partial charge in [0.1, 0.15) is 5.82 Å². The summed E-state index contributed by atoms with van der Waals surface area (Å²) in [5.41, 5.74) is 6.48. The zero-order valence-corrected chi connectivity index (χ0v) is 7.59. The minimum atomic E-state index is -1.14. The predicted octanol–water partition coefficient (Wildman–Crippen LogP) is 1.38. The predicted molar refractivity (Wildman–Crippen MR) is 49.3 cm³/mol. The Labute approximate surface area is 84.4 Å². The number of rotatable bonds is 1. The SMILES string of the molecule is N[C@@H]1c2ccc(F)cc2N=N[C@H]1C(=O)O. The zero-order valence-electron chi connectivity index (χ0n) is 7.59. The van der Waals surface area contributed by atoms with Gasteiger partial charge in [0.05, 0.1) is 11.7 Å². The maximum Gasteiger partial charge on any atom is 0.332 e. The van der Waals surface area contributed by atoms with Gasteiger partial charge in [0.2, 0.25) is 0 Å². The van der Waals surface area contributed by atoms with Gasteiger partial charge < -0.3 is 10.8 Å². The summed E-state index contributed by atoms with van der Waals surface area (Å²) in [6.07, 6.45) is 0. The smallest absolute Gasteiger partial charge is 0.332 e. The van der Waals surface area contributed by atoms with E-state index in [1.165, 1.54) is 18.2 Å². The number of benzene rings is 1. The number of azo groups is 1. The van der Waals surface area contributed by atoms with Crippen molar-refractivity contribution < 1.29 is 14.3 Å². The monoisotopic (exact) mass is 209 g/mol. The van der Waals surface area contributed by atoms with Gasteiger partial charge in [-0.2, -0.15) is 10.2 Å². The average molecular weight is 209 g/mol. The number of hydrogen-bond acceptors (Lipinski definition) is 4. The van der Waals surface area contributed by atoms with Crippen LogP contribution in [-0.4, -0.2) is 17.1 Å². The highest BCUT2D eigenvalue weighted by Crippen LogP contribution is 2.33. The molecule has 2 rings (SSSR count). The van der Waals surface area contributed by atoms with Crippen molar-refractivity contribution in [3.63, 3.8) is 0 Å². The summed E-state index contributed by atoms with van der Waals surface area (Å²) in [5, 5.41) is 15.9. The Morgan fingerprint density at radius 1 is 1.53 bits per heavy atom. The van der Waals surface area contributed by atoms with Crippen molar-refractivity contribution in [1.82, 2.24) is 0 Å². The molecule has 1 aromatic carbocycles. The Hall–Kier alpha value is -1.82. The van der Waals surface area contributed by atoms with E-state index in [1.807, 2.05) is 0 Å². The Balaban J connectivity index is 2.46. The van der Waals surface area contributed by atoms with E-state index in [1.54, 1.807) is 0 Å². The number of nitrogens with zero attached hydrogens (tertiary/aromatic N) is 2. The minimum absolute atomic E-state index is 0.292. The molecule has 15 heavy (non-hydrogen) atoms. The Morgan fingerprint density at radius 2 is 2.27 bits per heavy atom. The van der Waals surface area contributed by atoms with Crippen LogP contribution in [0.5, 0.6) is 0 Å². The van der Waals surface area contributed by atoms with Crippen molar-refractivity contribution in [2.45, 2.75) is 12.1 Å². The van der Waals surface area contributed by atoms with Gasteiger partial charge in [-0.15, -0.1) is 0 Å². The number of halogens is 1. The lowest BCUT2D eigenvalue weighted by molar-refractivity contribution is -0.139. The number of aliphatic carboxylic acids is 1. The van der Waals surface area contributed by atoms with Crippen LogP contribution in [0.2, 0.25) is 0 Å². The third-order valence-corrected chi connectivity index (χ3v) is 2.23. The molecule has 5 nitrogen and oxygen atoms in total. The second-order valence-corrected chi connectivity index (χ2v) is 3.23. The molecule has 0 unspecified atom stereocenters. The van der Waals surface area contributed by atoms with E-state index in [4.69, 9.17) is 10.8 Å². The first-order valence-electron chi connectivity index (χ1n) is 4.28. The molecule has 0 saturated carbocycles. The van der Waals surface area contributed by atoms with E-state index in [0.29, 0.717) is 11.3 Å². The lowest BCUT2D eigenvalue weighted by atomic mass is 9.98. The van der Waals surface area contributed by atoms with Gasteiger partial charge in [0.15, 0.2) is 6.04 Å². The molecule has 1 aliphatic heterocycles. The van der Waals surface area contributed by atoms with E-state index in [9.17, 15) is 9.18 Å². The van der Waals surface area contributed by atoms with Crippen LogP contribution in [-0.2, 0) is 4.79 Å². The van der Waals surface area contributed by atoms with E-state index < -0.39 is 23.9 Å². The first-order chi connectivity index (χ1) is 7.09. The Bertz CT molecular complexity index is 447. The van der Waals surface area contributed by atoms with Crippen LogP contribution in [0.3, 0.4) is 0 Å². The fraction of sp³-hybridized carbons (Fsp3) is 0.222. The topological polar surface area (TPSA) is 88.0 Å². The van der Waals surface area contributed by atoms with Crippen LogP contribution >= 0.6 is 0 Å². The summed E-state index contributed by atoms with van der Waals surface area (Å²) in [6.45, 7) is 0.